The van der Waals surface area contributed by atoms with Gasteiger partial charge in [0.25, 0.3) is 5.91 Å². The van der Waals surface area contributed by atoms with Crippen LogP contribution in [0.5, 0.6) is 0 Å². The molecule has 9 heteroatoms. The van der Waals surface area contributed by atoms with Gasteiger partial charge in [-0.2, -0.15) is 5.10 Å². The van der Waals surface area contributed by atoms with Crippen LogP contribution >= 0.6 is 24.0 Å². The number of fused-ring (bicyclic) bond motifs is 1. The number of nitrogens with zero attached hydrogens (tertiary/aromatic N) is 2. The van der Waals surface area contributed by atoms with E-state index in [1.165, 1.54) is 0 Å². The first-order chi connectivity index (χ1) is 12.6. The number of hydrogen-bond donors (Lipinski definition) is 3. The molecule has 3 heterocycles. The molecule has 0 aliphatic carbocycles. The fraction of sp³-hybridized carbons (Fsp3) is 0.389. The van der Waals surface area contributed by atoms with E-state index in [1.54, 1.807) is 11.0 Å². The molecule has 7 nitrogen and oxygen atoms in total. The van der Waals surface area contributed by atoms with E-state index < -0.39 is 6.04 Å². The summed E-state index contributed by atoms with van der Waals surface area (Å²) in [6.45, 7) is 2.07. The van der Waals surface area contributed by atoms with E-state index in [-0.39, 0.29) is 24.2 Å². The molecule has 0 saturated carbocycles. The number of carbonyl (C=O) groups excluding carboxylic acids is 2. The van der Waals surface area contributed by atoms with Gasteiger partial charge in [0.2, 0.25) is 5.91 Å². The molecule has 1 unspecified atom stereocenters. The number of benzene rings is 1. The van der Waals surface area contributed by atoms with Gasteiger partial charge < -0.3 is 15.5 Å². The lowest BCUT2D eigenvalue weighted by Gasteiger charge is -2.33. The number of para-hydroxylation sites is 1. The molecule has 0 spiro atoms. The van der Waals surface area contributed by atoms with Crippen LogP contribution < -0.4 is 15.5 Å². The van der Waals surface area contributed by atoms with Gasteiger partial charge in [0.15, 0.2) is 5.69 Å². The van der Waals surface area contributed by atoms with Crippen LogP contribution in [0, 0.1) is 0 Å². The van der Waals surface area contributed by atoms with Crippen molar-refractivity contribution < 1.29 is 9.59 Å². The van der Waals surface area contributed by atoms with Crippen LogP contribution in [0.1, 0.15) is 34.6 Å². The normalized spacial score (nSPS) is 19.2. The Bertz CT molecular complexity index is 854. The summed E-state index contributed by atoms with van der Waals surface area (Å²) in [5, 5.41) is 13.7. The van der Waals surface area contributed by atoms with Gasteiger partial charge in [0.1, 0.15) is 6.04 Å². The minimum Gasteiger partial charge on any atom is -0.339 e. The van der Waals surface area contributed by atoms with E-state index in [1.807, 2.05) is 18.2 Å². The summed E-state index contributed by atoms with van der Waals surface area (Å²) in [6.07, 6.45) is 2.22. The quantitative estimate of drug-likeness (QED) is 0.723. The zero-order chi connectivity index (χ0) is 18.1. The average Bonchev–Trinajstić information content (AvgIpc) is 3.08. The standard InChI is InChI=1S/C18H20ClN5O2.ClH/c19-12-4-1-2-6-15(12)24-9-3-5-14(18(24)26)21-17(25)16-11-10-20-8-7-13(11)22-23-16;/h1-2,4,6,14,20H,3,5,7-10H2,(H,21,25)(H,22,23);1H. The van der Waals surface area contributed by atoms with Crippen LogP contribution in [0.2, 0.25) is 5.02 Å². The molecule has 2 aliphatic rings. The van der Waals surface area contributed by atoms with Crippen LogP contribution in [0.3, 0.4) is 0 Å². The smallest absolute Gasteiger partial charge is 0.272 e. The second-order valence-electron chi connectivity index (χ2n) is 6.57. The van der Waals surface area contributed by atoms with Crippen molar-refractivity contribution in [1.82, 2.24) is 20.8 Å². The number of hydrogen-bond acceptors (Lipinski definition) is 4. The minimum absolute atomic E-state index is 0. The number of aromatic nitrogens is 2. The van der Waals surface area contributed by atoms with Crippen LogP contribution in [0.15, 0.2) is 24.3 Å². The molecule has 1 fully saturated rings. The SMILES string of the molecule is Cl.O=C(NC1CCCN(c2ccccc2Cl)C1=O)c1n[nH]c2c1CNCC2. The summed E-state index contributed by atoms with van der Waals surface area (Å²) in [5.41, 5.74) is 2.93. The Balaban J connectivity index is 0.00000210. The van der Waals surface area contributed by atoms with Crippen molar-refractivity contribution in [2.24, 2.45) is 0 Å². The van der Waals surface area contributed by atoms with Crippen LogP contribution in [-0.4, -0.2) is 41.1 Å². The third-order valence-electron chi connectivity index (χ3n) is 4.91. The van der Waals surface area contributed by atoms with Gasteiger partial charge in [0, 0.05) is 37.3 Å². The zero-order valence-corrected chi connectivity index (χ0v) is 16.2. The number of halogens is 2. The van der Waals surface area contributed by atoms with Gasteiger partial charge in [-0.1, -0.05) is 23.7 Å². The number of piperidine rings is 1. The van der Waals surface area contributed by atoms with Gasteiger partial charge in [-0.05, 0) is 25.0 Å². The maximum Gasteiger partial charge on any atom is 0.272 e. The number of anilines is 1. The molecule has 1 atom stereocenters. The topological polar surface area (TPSA) is 90.1 Å². The molecule has 0 bridgehead atoms. The van der Waals surface area contributed by atoms with E-state index in [9.17, 15) is 9.59 Å². The molecule has 1 aromatic carbocycles. The largest absolute Gasteiger partial charge is 0.339 e. The van der Waals surface area contributed by atoms with E-state index >= 15 is 0 Å². The average molecular weight is 410 g/mol. The van der Waals surface area contributed by atoms with E-state index in [4.69, 9.17) is 11.6 Å². The Labute approximate surface area is 168 Å². The predicted molar refractivity (Wildman–Crippen MR) is 106 cm³/mol. The summed E-state index contributed by atoms with van der Waals surface area (Å²) in [7, 11) is 0. The minimum atomic E-state index is -0.573. The van der Waals surface area contributed by atoms with Gasteiger partial charge in [-0.15, -0.1) is 12.4 Å². The first-order valence-electron chi connectivity index (χ1n) is 8.79. The number of nitrogens with one attached hydrogen (secondary N) is 3. The first-order valence-corrected chi connectivity index (χ1v) is 9.16. The summed E-state index contributed by atoms with van der Waals surface area (Å²) < 4.78 is 0. The monoisotopic (exact) mass is 409 g/mol. The third kappa shape index (κ3) is 3.81. The third-order valence-corrected chi connectivity index (χ3v) is 5.23. The molecular formula is C18H21Cl2N5O2. The zero-order valence-electron chi connectivity index (χ0n) is 14.6. The fourth-order valence-corrected chi connectivity index (χ4v) is 3.80. The van der Waals surface area contributed by atoms with Crippen molar-refractivity contribution in [2.45, 2.75) is 31.8 Å². The summed E-state index contributed by atoms with van der Waals surface area (Å²) in [4.78, 5) is 27.2. The lowest BCUT2D eigenvalue weighted by atomic mass is 10.0. The summed E-state index contributed by atoms with van der Waals surface area (Å²) >= 11 is 6.23. The van der Waals surface area contributed by atoms with Crippen LogP contribution in [-0.2, 0) is 17.8 Å². The van der Waals surface area contributed by atoms with Gasteiger partial charge in [0.05, 0.1) is 10.7 Å². The number of amides is 2. The van der Waals surface area contributed by atoms with E-state index in [0.29, 0.717) is 35.9 Å². The maximum atomic E-state index is 12.9. The molecule has 2 aromatic rings. The number of rotatable bonds is 3. The molecule has 3 N–H and O–H groups in total. The molecule has 1 saturated heterocycles. The predicted octanol–water partition coefficient (Wildman–Crippen LogP) is 2.06. The highest BCUT2D eigenvalue weighted by Gasteiger charge is 2.33. The number of H-pyrrole nitrogens is 1. The molecule has 144 valence electrons. The van der Waals surface area contributed by atoms with Crippen molar-refractivity contribution in [3.63, 3.8) is 0 Å². The van der Waals surface area contributed by atoms with E-state index in [0.717, 1.165) is 30.6 Å². The molecule has 0 radical (unpaired) electrons. The molecule has 2 aliphatic heterocycles. The molecule has 27 heavy (non-hydrogen) atoms. The highest BCUT2D eigenvalue weighted by Crippen LogP contribution is 2.28. The van der Waals surface area contributed by atoms with Crippen LogP contribution in [0.4, 0.5) is 5.69 Å². The van der Waals surface area contributed by atoms with Crippen molar-refractivity contribution in [2.75, 3.05) is 18.0 Å². The highest BCUT2D eigenvalue weighted by atomic mass is 35.5. The van der Waals surface area contributed by atoms with Gasteiger partial charge in [-0.3, -0.25) is 14.7 Å². The second-order valence-corrected chi connectivity index (χ2v) is 6.97. The fourth-order valence-electron chi connectivity index (χ4n) is 3.56. The highest BCUT2D eigenvalue weighted by molar-refractivity contribution is 6.33. The Hall–Kier alpha value is -2.09. The van der Waals surface area contributed by atoms with Gasteiger partial charge >= 0.3 is 0 Å². The summed E-state index contributed by atoms with van der Waals surface area (Å²) in [6, 6.07) is 6.68. The molecule has 4 rings (SSSR count). The van der Waals surface area contributed by atoms with Gasteiger partial charge in [-0.25, -0.2) is 0 Å². The molecule has 2 amide bonds. The first kappa shape index (κ1) is 19.7. The summed E-state index contributed by atoms with van der Waals surface area (Å²) in [5.74, 6) is -0.453. The lowest BCUT2D eigenvalue weighted by Crippen LogP contribution is -2.52. The number of aromatic amines is 1. The Morgan fingerprint density at radius 2 is 2.15 bits per heavy atom. The second kappa shape index (κ2) is 8.29. The van der Waals surface area contributed by atoms with Crippen molar-refractivity contribution in [3.8, 4) is 0 Å². The Morgan fingerprint density at radius 1 is 1.33 bits per heavy atom. The Kier molecular flexibility index (Phi) is 6.04. The van der Waals surface area contributed by atoms with Crippen LogP contribution in [0.25, 0.3) is 0 Å². The Morgan fingerprint density at radius 3 is 2.96 bits per heavy atom. The molecular weight excluding hydrogens is 389 g/mol. The number of carbonyl (C=O) groups is 2. The molecule has 1 aromatic heterocycles. The van der Waals surface area contributed by atoms with Crippen molar-refractivity contribution >= 4 is 41.5 Å². The lowest BCUT2D eigenvalue weighted by molar-refractivity contribution is -0.121. The van der Waals surface area contributed by atoms with Crippen molar-refractivity contribution in [1.29, 1.82) is 0 Å². The van der Waals surface area contributed by atoms with Crippen molar-refractivity contribution in [3.05, 3.63) is 46.2 Å². The maximum absolute atomic E-state index is 12.9. The van der Waals surface area contributed by atoms with E-state index in [2.05, 4.69) is 20.8 Å².